The van der Waals surface area contributed by atoms with Crippen molar-refractivity contribution in [3.8, 4) is 0 Å². The Kier molecular flexibility index (Phi) is 9.26. The Labute approximate surface area is 151 Å². The van der Waals surface area contributed by atoms with Gasteiger partial charge in [0.05, 0.1) is 6.61 Å². The van der Waals surface area contributed by atoms with Crippen LogP contribution in [-0.2, 0) is 9.53 Å². The first-order chi connectivity index (χ1) is 11.7. The molecule has 3 nitrogen and oxygen atoms in total. The third kappa shape index (κ3) is 6.44. The van der Waals surface area contributed by atoms with Gasteiger partial charge in [0.25, 0.3) is 0 Å². The van der Waals surface area contributed by atoms with Crippen LogP contribution in [0.4, 0.5) is 0 Å². The second kappa shape index (κ2) is 11.2. The summed E-state index contributed by atoms with van der Waals surface area (Å²) in [6.45, 7) is 4.11. The predicted molar refractivity (Wildman–Crippen MR) is 102 cm³/mol. The first-order valence-corrected chi connectivity index (χ1v) is 10.8. The lowest BCUT2D eigenvalue weighted by molar-refractivity contribution is -0.137. The highest BCUT2D eigenvalue weighted by molar-refractivity contribution is 8.01. The number of carboxylic acid groups (broad SMARTS) is 1. The molecule has 2 bridgehead atoms. The van der Waals surface area contributed by atoms with Gasteiger partial charge in [0.1, 0.15) is 0 Å². The summed E-state index contributed by atoms with van der Waals surface area (Å²) >= 11 is 2.20. The molecule has 0 spiro atoms. The highest BCUT2D eigenvalue weighted by atomic mass is 32.2. The zero-order valence-corrected chi connectivity index (χ0v) is 15.9. The van der Waals surface area contributed by atoms with Crippen LogP contribution in [0.5, 0.6) is 0 Å². The lowest BCUT2D eigenvalue weighted by Gasteiger charge is -2.29. The highest BCUT2D eigenvalue weighted by Crippen LogP contribution is 2.54. The summed E-state index contributed by atoms with van der Waals surface area (Å²) in [6.07, 6.45) is 15.4. The molecule has 4 atom stereocenters. The van der Waals surface area contributed by atoms with Crippen LogP contribution in [0.25, 0.3) is 0 Å². The number of hydrogen-bond donors (Lipinski definition) is 1. The van der Waals surface area contributed by atoms with Crippen molar-refractivity contribution in [2.24, 2.45) is 11.8 Å². The molecule has 2 saturated heterocycles. The second-order valence-corrected chi connectivity index (χ2v) is 8.73. The first kappa shape index (κ1) is 19.8. The average Bonchev–Trinajstić information content (AvgIpc) is 3.15. The number of hydrogen-bond acceptors (Lipinski definition) is 3. The van der Waals surface area contributed by atoms with E-state index in [2.05, 4.69) is 30.8 Å². The molecule has 0 aliphatic carbocycles. The Morgan fingerprint density at radius 2 is 1.92 bits per heavy atom. The molecule has 0 unspecified atom stereocenters. The molecule has 2 aliphatic heterocycles. The average molecular weight is 355 g/mol. The van der Waals surface area contributed by atoms with Crippen molar-refractivity contribution in [2.75, 3.05) is 13.2 Å². The summed E-state index contributed by atoms with van der Waals surface area (Å²) in [4.78, 5) is 10.5. The molecule has 2 heterocycles. The van der Waals surface area contributed by atoms with Crippen LogP contribution >= 0.6 is 11.8 Å². The number of rotatable bonds is 13. The van der Waals surface area contributed by atoms with E-state index in [0.717, 1.165) is 54.8 Å². The summed E-state index contributed by atoms with van der Waals surface area (Å²) in [5.41, 5.74) is 0. The molecule has 0 radical (unpaired) electrons. The maximum absolute atomic E-state index is 10.5. The number of fused-ring (bicyclic) bond motifs is 2. The summed E-state index contributed by atoms with van der Waals surface area (Å²) < 4.78 is 6.02. The molecule has 2 fully saturated rings. The molecular formula is C20H34O3S. The van der Waals surface area contributed by atoms with Crippen molar-refractivity contribution in [1.82, 2.24) is 0 Å². The van der Waals surface area contributed by atoms with Gasteiger partial charge >= 0.3 is 5.97 Å². The van der Waals surface area contributed by atoms with E-state index >= 15 is 0 Å². The van der Waals surface area contributed by atoms with E-state index in [1.54, 1.807) is 0 Å². The van der Waals surface area contributed by atoms with Gasteiger partial charge in [-0.15, -0.1) is 0 Å². The maximum Gasteiger partial charge on any atom is 0.303 e. The molecule has 0 aromatic rings. The van der Waals surface area contributed by atoms with Gasteiger partial charge in [-0.25, -0.2) is 0 Å². The highest BCUT2D eigenvalue weighted by Gasteiger charge is 2.47. The zero-order valence-electron chi connectivity index (χ0n) is 15.1. The van der Waals surface area contributed by atoms with Gasteiger partial charge in [-0.05, 0) is 50.4 Å². The van der Waals surface area contributed by atoms with E-state index in [1.807, 2.05) is 0 Å². The molecule has 4 heteroatoms. The molecule has 2 aliphatic rings. The van der Waals surface area contributed by atoms with Gasteiger partial charge in [0.15, 0.2) is 0 Å². The Morgan fingerprint density at radius 3 is 2.67 bits per heavy atom. The normalized spacial score (nSPS) is 28.9. The minimum Gasteiger partial charge on any atom is -0.481 e. The van der Waals surface area contributed by atoms with Crippen LogP contribution in [0.3, 0.4) is 0 Å². The van der Waals surface area contributed by atoms with Gasteiger partial charge in [0.2, 0.25) is 0 Å². The van der Waals surface area contributed by atoms with Crippen molar-refractivity contribution in [2.45, 2.75) is 81.6 Å². The van der Waals surface area contributed by atoms with Crippen molar-refractivity contribution >= 4 is 17.7 Å². The third-order valence-corrected chi connectivity index (χ3v) is 7.25. The standard InChI is InChI=1S/C20H34O3S/c1-2-3-4-9-14-23-15-17-16(18-12-13-19(17)24-18)10-7-5-6-8-11-20(21)22/h5,7,16-19H,2-4,6,8-15H2,1H3,(H,21,22)/b7-5-/t16-,17+,18-,19+/m0/s1. The van der Waals surface area contributed by atoms with Crippen molar-refractivity contribution in [3.05, 3.63) is 12.2 Å². The first-order valence-electron chi connectivity index (χ1n) is 9.82. The van der Waals surface area contributed by atoms with E-state index < -0.39 is 5.97 Å². The van der Waals surface area contributed by atoms with E-state index in [9.17, 15) is 4.79 Å². The number of carbonyl (C=O) groups is 1. The van der Waals surface area contributed by atoms with Gasteiger partial charge in [-0.1, -0.05) is 38.3 Å². The molecule has 2 rings (SSSR count). The van der Waals surface area contributed by atoms with Gasteiger partial charge in [-0.3, -0.25) is 4.79 Å². The fraction of sp³-hybridized carbons (Fsp3) is 0.850. The minimum absolute atomic E-state index is 0.281. The Balaban J connectivity index is 1.65. The molecule has 0 saturated carbocycles. The molecule has 0 aromatic carbocycles. The number of unbranched alkanes of at least 4 members (excludes halogenated alkanes) is 4. The van der Waals surface area contributed by atoms with Crippen molar-refractivity contribution in [3.63, 3.8) is 0 Å². The van der Waals surface area contributed by atoms with Crippen LogP contribution < -0.4 is 0 Å². The molecule has 24 heavy (non-hydrogen) atoms. The van der Waals surface area contributed by atoms with E-state index in [-0.39, 0.29) is 6.42 Å². The number of thioether (sulfide) groups is 1. The number of carboxylic acids is 1. The largest absolute Gasteiger partial charge is 0.481 e. The van der Waals surface area contributed by atoms with Crippen LogP contribution in [0.15, 0.2) is 12.2 Å². The number of aliphatic carboxylic acids is 1. The molecule has 138 valence electrons. The van der Waals surface area contributed by atoms with Crippen LogP contribution in [0.2, 0.25) is 0 Å². The summed E-state index contributed by atoms with van der Waals surface area (Å²) in [6, 6.07) is 0. The molecular weight excluding hydrogens is 320 g/mol. The van der Waals surface area contributed by atoms with Crippen LogP contribution in [0, 0.1) is 11.8 Å². The van der Waals surface area contributed by atoms with Crippen LogP contribution in [-0.4, -0.2) is 34.8 Å². The maximum atomic E-state index is 10.5. The van der Waals surface area contributed by atoms with Gasteiger partial charge in [0, 0.05) is 23.5 Å². The van der Waals surface area contributed by atoms with E-state index in [0.29, 0.717) is 0 Å². The number of ether oxygens (including phenoxy) is 1. The van der Waals surface area contributed by atoms with Crippen LogP contribution in [0.1, 0.15) is 71.1 Å². The minimum atomic E-state index is -0.691. The number of allylic oxidation sites excluding steroid dienone is 2. The van der Waals surface area contributed by atoms with Crippen molar-refractivity contribution in [1.29, 1.82) is 0 Å². The Hall–Kier alpha value is -0.480. The summed E-state index contributed by atoms with van der Waals surface area (Å²) in [5, 5.41) is 10.3. The Morgan fingerprint density at radius 1 is 1.12 bits per heavy atom. The second-order valence-electron chi connectivity index (χ2n) is 7.25. The summed E-state index contributed by atoms with van der Waals surface area (Å²) in [7, 11) is 0. The zero-order chi connectivity index (χ0) is 17.2. The molecule has 1 N–H and O–H groups in total. The Bertz CT molecular complexity index is 396. The lowest BCUT2D eigenvalue weighted by atomic mass is 9.78. The summed E-state index contributed by atoms with van der Waals surface area (Å²) in [5.74, 6) is 0.799. The van der Waals surface area contributed by atoms with Crippen molar-refractivity contribution < 1.29 is 14.6 Å². The van der Waals surface area contributed by atoms with Gasteiger partial charge < -0.3 is 9.84 Å². The fourth-order valence-corrected chi connectivity index (χ4v) is 6.01. The van der Waals surface area contributed by atoms with Gasteiger partial charge in [-0.2, -0.15) is 11.8 Å². The SMILES string of the molecule is CCCCCCOC[C@@H]1[C@H](C/C=C\CCCC(=O)O)[C@@H]2CC[C@H]1S2. The quantitative estimate of drug-likeness (QED) is 0.360. The van der Waals surface area contributed by atoms with E-state index in [4.69, 9.17) is 9.84 Å². The third-order valence-electron chi connectivity index (χ3n) is 5.38. The fourth-order valence-electron chi connectivity index (χ4n) is 4.02. The van der Waals surface area contributed by atoms with E-state index in [1.165, 1.54) is 38.5 Å². The molecule has 0 amide bonds. The predicted octanol–water partition coefficient (Wildman–Crippen LogP) is 5.29. The smallest absolute Gasteiger partial charge is 0.303 e. The lowest BCUT2D eigenvalue weighted by Crippen LogP contribution is -2.30. The molecule has 0 aromatic heterocycles. The topological polar surface area (TPSA) is 46.5 Å². The monoisotopic (exact) mass is 354 g/mol.